The number of carbonyl (C=O) groups is 1. The fourth-order valence-electron chi connectivity index (χ4n) is 1.95. The molecule has 1 atom stereocenters. The SMILES string of the molecule is CC(C)(C)OC(=O)c1cn(CC(F)COCc2ccccc2)nn1. The molecule has 0 saturated heterocycles. The highest BCUT2D eigenvalue weighted by molar-refractivity contribution is 5.87. The predicted molar refractivity (Wildman–Crippen MR) is 86.2 cm³/mol. The molecule has 0 aliphatic carbocycles. The first-order valence-corrected chi connectivity index (χ1v) is 7.73. The summed E-state index contributed by atoms with van der Waals surface area (Å²) < 4.78 is 25.7. The quantitative estimate of drug-likeness (QED) is 0.728. The third-order valence-electron chi connectivity index (χ3n) is 2.94. The van der Waals surface area contributed by atoms with Gasteiger partial charge in [-0.05, 0) is 26.3 Å². The second-order valence-corrected chi connectivity index (χ2v) is 6.43. The highest BCUT2D eigenvalue weighted by Crippen LogP contribution is 2.10. The summed E-state index contributed by atoms with van der Waals surface area (Å²) in [4.78, 5) is 11.8. The Morgan fingerprint density at radius 1 is 1.29 bits per heavy atom. The zero-order chi connectivity index (χ0) is 17.6. The van der Waals surface area contributed by atoms with Crippen LogP contribution in [0.3, 0.4) is 0 Å². The number of hydrogen-bond donors (Lipinski definition) is 0. The number of carbonyl (C=O) groups excluding carboxylic acids is 1. The molecule has 2 aromatic rings. The molecule has 0 fully saturated rings. The highest BCUT2D eigenvalue weighted by atomic mass is 19.1. The van der Waals surface area contributed by atoms with Crippen molar-refractivity contribution in [2.24, 2.45) is 0 Å². The first-order valence-electron chi connectivity index (χ1n) is 7.73. The van der Waals surface area contributed by atoms with Crippen molar-refractivity contribution < 1.29 is 18.7 Å². The van der Waals surface area contributed by atoms with E-state index in [4.69, 9.17) is 9.47 Å². The van der Waals surface area contributed by atoms with Gasteiger partial charge in [-0.15, -0.1) is 5.10 Å². The predicted octanol–water partition coefficient (Wildman–Crippen LogP) is 2.79. The average Bonchev–Trinajstić information content (AvgIpc) is 2.95. The van der Waals surface area contributed by atoms with Crippen molar-refractivity contribution >= 4 is 5.97 Å². The molecule has 1 heterocycles. The van der Waals surface area contributed by atoms with Gasteiger partial charge >= 0.3 is 5.97 Å². The second-order valence-electron chi connectivity index (χ2n) is 6.43. The molecule has 1 aromatic heterocycles. The lowest BCUT2D eigenvalue weighted by atomic mass is 10.2. The van der Waals surface area contributed by atoms with E-state index in [9.17, 15) is 9.18 Å². The van der Waals surface area contributed by atoms with Gasteiger partial charge in [-0.1, -0.05) is 35.5 Å². The second kappa shape index (κ2) is 8.01. The first kappa shape index (κ1) is 18.1. The summed E-state index contributed by atoms with van der Waals surface area (Å²) in [5.41, 5.74) is 0.425. The maximum absolute atomic E-state index is 13.9. The van der Waals surface area contributed by atoms with Crippen LogP contribution in [0.25, 0.3) is 0 Å². The smallest absolute Gasteiger partial charge is 0.361 e. The summed E-state index contributed by atoms with van der Waals surface area (Å²) >= 11 is 0. The number of halogens is 1. The van der Waals surface area contributed by atoms with E-state index in [1.54, 1.807) is 20.8 Å². The van der Waals surface area contributed by atoms with Crippen LogP contribution in [-0.4, -0.2) is 39.3 Å². The maximum atomic E-state index is 13.9. The Bertz CT molecular complexity index is 653. The number of benzene rings is 1. The third kappa shape index (κ3) is 6.08. The van der Waals surface area contributed by atoms with Gasteiger partial charge in [-0.3, -0.25) is 0 Å². The summed E-state index contributed by atoms with van der Waals surface area (Å²) in [5.74, 6) is -0.579. The Hall–Kier alpha value is -2.28. The fourth-order valence-corrected chi connectivity index (χ4v) is 1.95. The number of hydrogen-bond acceptors (Lipinski definition) is 5. The molecule has 6 nitrogen and oxygen atoms in total. The number of nitrogens with zero attached hydrogens (tertiary/aromatic N) is 3. The van der Waals surface area contributed by atoms with Crippen LogP contribution >= 0.6 is 0 Å². The van der Waals surface area contributed by atoms with Crippen LogP contribution in [0.4, 0.5) is 4.39 Å². The van der Waals surface area contributed by atoms with E-state index < -0.39 is 17.7 Å². The Balaban J connectivity index is 1.78. The van der Waals surface area contributed by atoms with Crippen LogP contribution < -0.4 is 0 Å². The van der Waals surface area contributed by atoms with Crippen molar-refractivity contribution in [3.63, 3.8) is 0 Å². The van der Waals surface area contributed by atoms with Crippen LogP contribution in [0, 0.1) is 0 Å². The van der Waals surface area contributed by atoms with E-state index in [2.05, 4.69) is 10.3 Å². The van der Waals surface area contributed by atoms with Crippen LogP contribution in [0.5, 0.6) is 0 Å². The van der Waals surface area contributed by atoms with Gasteiger partial charge in [0.15, 0.2) is 5.69 Å². The largest absolute Gasteiger partial charge is 0.455 e. The Morgan fingerprint density at radius 2 is 2.00 bits per heavy atom. The molecule has 0 bridgehead atoms. The number of aromatic nitrogens is 3. The summed E-state index contributed by atoms with van der Waals surface area (Å²) in [7, 11) is 0. The fraction of sp³-hybridized carbons (Fsp3) is 0.471. The topological polar surface area (TPSA) is 66.2 Å². The maximum Gasteiger partial charge on any atom is 0.361 e. The molecule has 130 valence electrons. The number of ether oxygens (including phenoxy) is 2. The number of esters is 1. The molecule has 0 radical (unpaired) electrons. The molecule has 7 heteroatoms. The van der Waals surface area contributed by atoms with Crippen molar-refractivity contribution in [1.29, 1.82) is 0 Å². The van der Waals surface area contributed by atoms with Gasteiger partial charge in [-0.2, -0.15) is 0 Å². The van der Waals surface area contributed by atoms with Gasteiger partial charge in [0, 0.05) is 0 Å². The van der Waals surface area contributed by atoms with Gasteiger partial charge in [0.25, 0.3) is 0 Å². The Kier molecular flexibility index (Phi) is 6.03. The molecular formula is C17H22FN3O3. The van der Waals surface area contributed by atoms with Crippen LogP contribution in [-0.2, 0) is 22.6 Å². The zero-order valence-corrected chi connectivity index (χ0v) is 14.1. The molecule has 0 spiro atoms. The normalized spacial score (nSPS) is 12.8. The highest BCUT2D eigenvalue weighted by Gasteiger charge is 2.21. The molecular weight excluding hydrogens is 313 g/mol. The molecule has 2 rings (SSSR count). The Labute approximate surface area is 140 Å². The summed E-state index contributed by atoms with van der Waals surface area (Å²) in [5, 5.41) is 7.46. The lowest BCUT2D eigenvalue weighted by molar-refractivity contribution is 0.00626. The number of alkyl halides is 1. The summed E-state index contributed by atoms with van der Waals surface area (Å²) in [6.45, 7) is 5.54. The lowest BCUT2D eigenvalue weighted by Crippen LogP contribution is -2.24. The van der Waals surface area contributed by atoms with Crippen molar-refractivity contribution in [3.8, 4) is 0 Å². The van der Waals surface area contributed by atoms with E-state index in [1.807, 2.05) is 30.3 Å². The lowest BCUT2D eigenvalue weighted by Gasteiger charge is -2.18. The van der Waals surface area contributed by atoms with Gasteiger partial charge in [0.1, 0.15) is 11.8 Å². The van der Waals surface area contributed by atoms with Crippen molar-refractivity contribution in [2.45, 2.75) is 45.7 Å². The van der Waals surface area contributed by atoms with Crippen LogP contribution in [0.1, 0.15) is 36.8 Å². The van der Waals surface area contributed by atoms with E-state index in [1.165, 1.54) is 10.9 Å². The molecule has 0 N–H and O–H groups in total. The zero-order valence-electron chi connectivity index (χ0n) is 14.1. The van der Waals surface area contributed by atoms with E-state index >= 15 is 0 Å². The van der Waals surface area contributed by atoms with Crippen molar-refractivity contribution in [3.05, 3.63) is 47.8 Å². The molecule has 1 aromatic carbocycles. The monoisotopic (exact) mass is 335 g/mol. The molecule has 0 amide bonds. The molecule has 0 aliphatic rings. The van der Waals surface area contributed by atoms with Crippen molar-refractivity contribution in [2.75, 3.05) is 6.61 Å². The van der Waals surface area contributed by atoms with Gasteiger partial charge in [0.05, 0.1) is 26.0 Å². The molecule has 1 unspecified atom stereocenters. The summed E-state index contributed by atoms with van der Waals surface area (Å²) in [6, 6.07) is 9.54. The molecule has 0 saturated carbocycles. The standard InChI is InChI=1S/C17H22FN3O3/c1-17(2,3)24-16(22)15-10-21(20-19-15)9-14(18)12-23-11-13-7-5-4-6-8-13/h4-8,10,14H,9,11-12H2,1-3H3. The van der Waals surface area contributed by atoms with Gasteiger partial charge in [-0.25, -0.2) is 13.9 Å². The van der Waals surface area contributed by atoms with Crippen LogP contribution in [0.15, 0.2) is 36.5 Å². The summed E-state index contributed by atoms with van der Waals surface area (Å²) in [6.07, 6.45) is 0.125. The van der Waals surface area contributed by atoms with E-state index in [-0.39, 0.29) is 18.8 Å². The minimum atomic E-state index is -1.25. The van der Waals surface area contributed by atoms with Gasteiger partial charge in [0.2, 0.25) is 0 Å². The van der Waals surface area contributed by atoms with Crippen LogP contribution in [0.2, 0.25) is 0 Å². The Morgan fingerprint density at radius 3 is 2.67 bits per heavy atom. The number of rotatable bonds is 7. The van der Waals surface area contributed by atoms with Gasteiger partial charge < -0.3 is 9.47 Å². The molecule has 0 aliphatic heterocycles. The van der Waals surface area contributed by atoms with Crippen molar-refractivity contribution in [1.82, 2.24) is 15.0 Å². The van der Waals surface area contributed by atoms with E-state index in [0.717, 1.165) is 5.56 Å². The molecule has 24 heavy (non-hydrogen) atoms. The van der Waals surface area contributed by atoms with E-state index in [0.29, 0.717) is 6.61 Å². The third-order valence-corrected chi connectivity index (χ3v) is 2.94. The minimum Gasteiger partial charge on any atom is -0.455 e. The first-order chi connectivity index (χ1) is 11.3. The minimum absolute atomic E-state index is 0.0371. The average molecular weight is 335 g/mol.